The second-order valence-corrected chi connectivity index (χ2v) is 3.74. The van der Waals surface area contributed by atoms with Crippen LogP contribution in [-0.4, -0.2) is 16.9 Å². The number of Topliss-reactive ketones (excluding diaryl/α,β-unsaturated/α-hetero) is 1. The van der Waals surface area contributed by atoms with E-state index in [4.69, 9.17) is 5.11 Å². The molecular formula is C6H12AuO3. The van der Waals surface area contributed by atoms with E-state index >= 15 is 0 Å². The topological polar surface area (TPSA) is 54.4 Å². The molecule has 0 aliphatic carbocycles. The average molecular weight is 329 g/mol. The summed E-state index contributed by atoms with van der Waals surface area (Å²) in [5.41, 5.74) is 0. The minimum absolute atomic E-state index is 0.312. The summed E-state index contributed by atoms with van der Waals surface area (Å²) >= 11 is 0.667. The summed E-state index contributed by atoms with van der Waals surface area (Å²) in [6.45, 7) is 1.24. The van der Waals surface area contributed by atoms with Crippen LogP contribution in [0.2, 0.25) is 10.3 Å². The third kappa shape index (κ3) is 24.8. The number of carbonyl (C=O) groups is 2. The Bertz CT molecular complexity index is 99.6. The molecule has 3 nitrogen and oxygen atoms in total. The normalized spacial score (nSPS) is 7.90. The van der Waals surface area contributed by atoms with Crippen molar-refractivity contribution in [2.24, 2.45) is 0 Å². The van der Waals surface area contributed by atoms with Crippen molar-refractivity contribution in [3.63, 3.8) is 0 Å². The van der Waals surface area contributed by atoms with Crippen LogP contribution in [0.1, 0.15) is 13.3 Å². The maximum absolute atomic E-state index is 9.87. The number of rotatable bonds is 2. The van der Waals surface area contributed by atoms with Crippen molar-refractivity contribution >= 4 is 11.8 Å². The van der Waals surface area contributed by atoms with Gasteiger partial charge in [-0.25, -0.2) is 0 Å². The van der Waals surface area contributed by atoms with E-state index in [0.717, 1.165) is 0 Å². The fourth-order valence-electron chi connectivity index (χ4n) is 0.213. The molecule has 0 heterocycles. The van der Waals surface area contributed by atoms with E-state index < -0.39 is 5.97 Å². The summed E-state index contributed by atoms with van der Waals surface area (Å²) in [6.07, 6.45) is -0.361. The summed E-state index contributed by atoms with van der Waals surface area (Å²) in [5.74, 6) is -1.37. The molecule has 65 valence electrons. The van der Waals surface area contributed by atoms with E-state index in [1.807, 2.05) is 0 Å². The molecule has 0 bridgehead atoms. The molecule has 0 spiro atoms. The molecule has 10 heavy (non-hydrogen) atoms. The van der Waals surface area contributed by atoms with Gasteiger partial charge in [-0.2, -0.15) is 0 Å². The third-order valence-electron chi connectivity index (χ3n) is 0.400. The Kier molecular flexibility index (Phi) is 11.1. The first kappa shape index (κ1) is 12.5. The van der Waals surface area contributed by atoms with Crippen LogP contribution in [0.5, 0.6) is 0 Å². The van der Waals surface area contributed by atoms with Crippen molar-refractivity contribution in [3.05, 3.63) is 0 Å². The van der Waals surface area contributed by atoms with Crippen molar-refractivity contribution in [2.75, 3.05) is 0 Å². The summed E-state index contributed by atoms with van der Waals surface area (Å²) in [5, 5.41) is 12.3. The number of carboxylic acid groups (broad SMARTS) is 1. The van der Waals surface area contributed by atoms with E-state index in [9.17, 15) is 9.59 Å². The molecule has 0 unspecified atom stereocenters. The Labute approximate surface area is 70.1 Å². The van der Waals surface area contributed by atoms with Crippen LogP contribution in [0, 0.1) is 0 Å². The molecule has 0 saturated carbocycles. The molecule has 0 atom stereocenters. The van der Waals surface area contributed by atoms with Gasteiger partial charge in [0.15, 0.2) is 0 Å². The van der Waals surface area contributed by atoms with E-state index in [1.165, 1.54) is 6.92 Å². The molecule has 1 N–H and O–H groups in total. The number of hydrogen-bond donors (Lipinski definition) is 1. The fourth-order valence-corrected chi connectivity index (χ4v) is 0.213. The van der Waals surface area contributed by atoms with Gasteiger partial charge >= 0.3 is 36.0 Å². The quantitative estimate of drug-likeness (QED) is 0.612. The van der Waals surface area contributed by atoms with Crippen LogP contribution in [0.15, 0.2) is 0 Å². The second-order valence-electron chi connectivity index (χ2n) is 1.57. The van der Waals surface area contributed by atoms with E-state index in [-0.39, 0.29) is 12.2 Å². The Balaban J connectivity index is 0. The number of ketones is 1. The zero-order chi connectivity index (χ0) is 8.57. The molecule has 0 saturated heterocycles. The van der Waals surface area contributed by atoms with Crippen LogP contribution in [0.4, 0.5) is 0 Å². The Morgan fingerprint density at radius 3 is 1.70 bits per heavy atom. The van der Waals surface area contributed by atoms with Crippen LogP contribution < -0.4 is 0 Å². The summed E-state index contributed by atoms with van der Waals surface area (Å²) < 4.78 is 0. The maximum atomic E-state index is 9.87. The molecule has 0 aromatic rings. The SMILES string of the molecule is CC(=O)CC(=O)O.[CH3][Au][CH3]. The zero-order valence-corrected chi connectivity index (χ0v) is 8.44. The van der Waals surface area contributed by atoms with E-state index in [1.54, 1.807) is 0 Å². The fraction of sp³-hybridized carbons (Fsp3) is 0.667. The average Bonchev–Trinajstić information content (AvgIpc) is 1.62. The molecule has 0 rings (SSSR count). The molecule has 0 radical (unpaired) electrons. The van der Waals surface area contributed by atoms with Crippen LogP contribution >= 0.6 is 0 Å². The number of aliphatic carboxylic acids is 1. The summed E-state index contributed by atoms with van der Waals surface area (Å²) in [4.78, 5) is 19.5. The zero-order valence-electron chi connectivity index (χ0n) is 6.27. The molecule has 0 aliphatic rings. The standard InChI is InChI=1S/C4H6O3.2CH3.Au/c1-3(5)2-4(6)7;;;/h2H2,1H3,(H,6,7);2*1H3;. The van der Waals surface area contributed by atoms with Gasteiger partial charge in [-0.15, -0.1) is 0 Å². The van der Waals surface area contributed by atoms with Crippen molar-refractivity contribution in [3.8, 4) is 0 Å². The predicted molar refractivity (Wildman–Crippen MR) is 34.7 cm³/mol. The number of carbonyl (C=O) groups excluding carboxylic acids is 1. The number of carboxylic acids is 1. The number of hydrogen-bond acceptors (Lipinski definition) is 2. The molecular weight excluding hydrogens is 317 g/mol. The van der Waals surface area contributed by atoms with Crippen molar-refractivity contribution in [2.45, 2.75) is 23.6 Å². The monoisotopic (exact) mass is 329 g/mol. The van der Waals surface area contributed by atoms with Gasteiger partial charge in [0, 0.05) is 0 Å². The van der Waals surface area contributed by atoms with Crippen LogP contribution in [0.3, 0.4) is 0 Å². The van der Waals surface area contributed by atoms with Gasteiger partial charge in [0.2, 0.25) is 0 Å². The Morgan fingerprint density at radius 2 is 1.70 bits per heavy atom. The van der Waals surface area contributed by atoms with Crippen LogP contribution in [0.25, 0.3) is 0 Å². The molecule has 0 fully saturated rings. The van der Waals surface area contributed by atoms with Crippen molar-refractivity contribution in [1.82, 2.24) is 0 Å². The van der Waals surface area contributed by atoms with Gasteiger partial charge in [-0.05, 0) is 6.92 Å². The first-order chi connectivity index (χ1) is 4.54. The van der Waals surface area contributed by atoms with Gasteiger partial charge < -0.3 is 5.11 Å². The summed E-state index contributed by atoms with van der Waals surface area (Å²) in [6, 6.07) is 0. The molecule has 0 amide bonds. The second kappa shape index (κ2) is 8.88. The summed E-state index contributed by atoms with van der Waals surface area (Å²) in [7, 11) is 0. The van der Waals surface area contributed by atoms with Gasteiger partial charge in [0.25, 0.3) is 0 Å². The Morgan fingerprint density at radius 1 is 1.40 bits per heavy atom. The molecule has 0 aromatic carbocycles. The van der Waals surface area contributed by atoms with Crippen LogP contribution in [-0.2, 0) is 29.3 Å². The van der Waals surface area contributed by atoms with Gasteiger partial charge in [-0.3, -0.25) is 9.59 Å². The first-order valence-electron chi connectivity index (χ1n) is 2.44. The first-order valence-corrected chi connectivity index (χ1v) is 6.77. The van der Waals surface area contributed by atoms with E-state index in [0.29, 0.717) is 19.8 Å². The van der Waals surface area contributed by atoms with Crippen molar-refractivity contribution in [1.29, 1.82) is 0 Å². The van der Waals surface area contributed by atoms with Gasteiger partial charge in [0.1, 0.15) is 12.2 Å². The van der Waals surface area contributed by atoms with Gasteiger partial charge in [0.05, 0.1) is 0 Å². The van der Waals surface area contributed by atoms with E-state index in [2.05, 4.69) is 10.3 Å². The molecule has 0 aliphatic heterocycles. The molecule has 0 aromatic heterocycles. The molecule has 4 heteroatoms. The minimum atomic E-state index is -1.06. The van der Waals surface area contributed by atoms with Gasteiger partial charge in [-0.1, -0.05) is 0 Å². The predicted octanol–water partition coefficient (Wildman–Crippen LogP) is 1.22. The third-order valence-corrected chi connectivity index (χ3v) is 0.400. The van der Waals surface area contributed by atoms with Crippen molar-refractivity contribution < 1.29 is 34.4 Å². The Hall–Kier alpha value is -0.120.